The first-order valence-corrected chi connectivity index (χ1v) is 7.21. The molecule has 0 aliphatic carbocycles. The summed E-state index contributed by atoms with van der Waals surface area (Å²) in [6.07, 6.45) is 4.97. The highest BCUT2D eigenvalue weighted by Gasteiger charge is 1.99. The lowest BCUT2D eigenvalue weighted by Crippen LogP contribution is -2.03. The molecule has 1 aromatic heterocycles. The number of hydrogen-bond acceptors (Lipinski definition) is 3. The first-order chi connectivity index (χ1) is 8.42. The van der Waals surface area contributed by atoms with Crippen molar-refractivity contribution in [2.45, 2.75) is 13.3 Å². The van der Waals surface area contributed by atoms with Gasteiger partial charge in [-0.1, -0.05) is 19.1 Å². The molecule has 0 radical (unpaired) electrons. The van der Waals surface area contributed by atoms with Gasteiger partial charge in [0.25, 0.3) is 0 Å². The molecule has 0 bridgehead atoms. The van der Waals surface area contributed by atoms with Gasteiger partial charge >= 0.3 is 0 Å². The fourth-order valence-electron chi connectivity index (χ4n) is 1.82. The van der Waals surface area contributed by atoms with Gasteiger partial charge in [-0.25, -0.2) is 0 Å². The Morgan fingerprint density at radius 1 is 1.29 bits per heavy atom. The zero-order valence-corrected chi connectivity index (χ0v) is 11.0. The summed E-state index contributed by atoms with van der Waals surface area (Å²) in [5.74, 6) is 2.44. The van der Waals surface area contributed by atoms with Crippen molar-refractivity contribution in [3.63, 3.8) is 0 Å². The van der Waals surface area contributed by atoms with E-state index in [-0.39, 0.29) is 0 Å². The maximum atomic E-state index is 4.14. The summed E-state index contributed by atoms with van der Waals surface area (Å²) in [7, 11) is 0. The van der Waals surface area contributed by atoms with E-state index in [0.29, 0.717) is 0 Å². The lowest BCUT2D eigenvalue weighted by Gasteiger charge is -2.09. The Hall–Kier alpha value is -1.22. The predicted octanol–water partition coefficient (Wildman–Crippen LogP) is 3.79. The molecule has 0 saturated carbocycles. The van der Waals surface area contributed by atoms with Crippen LogP contribution in [0.5, 0.6) is 0 Å². The number of thioether (sulfide) groups is 1. The van der Waals surface area contributed by atoms with Crippen LogP contribution in [0, 0.1) is 0 Å². The molecule has 1 heterocycles. The van der Waals surface area contributed by atoms with Gasteiger partial charge in [0, 0.05) is 35.4 Å². The van der Waals surface area contributed by atoms with E-state index in [9.17, 15) is 0 Å². The molecule has 0 saturated heterocycles. The second kappa shape index (κ2) is 6.50. The Morgan fingerprint density at radius 3 is 3.12 bits per heavy atom. The average Bonchev–Trinajstić information content (AvgIpc) is 2.39. The molecule has 2 nitrogen and oxygen atoms in total. The number of aromatic nitrogens is 1. The molecule has 90 valence electrons. The second-order valence-electron chi connectivity index (χ2n) is 3.88. The highest BCUT2D eigenvalue weighted by Crippen LogP contribution is 2.21. The van der Waals surface area contributed by atoms with Crippen LogP contribution in [0.2, 0.25) is 0 Å². The van der Waals surface area contributed by atoms with Gasteiger partial charge < -0.3 is 5.32 Å². The van der Waals surface area contributed by atoms with Crippen LogP contribution in [-0.2, 0) is 0 Å². The summed E-state index contributed by atoms with van der Waals surface area (Å²) >= 11 is 2.00. The van der Waals surface area contributed by atoms with Crippen LogP contribution in [-0.4, -0.2) is 23.0 Å². The van der Waals surface area contributed by atoms with Gasteiger partial charge in [0.05, 0.1) is 0 Å². The maximum absolute atomic E-state index is 4.14. The van der Waals surface area contributed by atoms with Crippen molar-refractivity contribution < 1.29 is 0 Å². The molecule has 1 aromatic carbocycles. The Balaban J connectivity index is 1.98. The Kier molecular flexibility index (Phi) is 4.68. The van der Waals surface area contributed by atoms with E-state index in [2.05, 4.69) is 41.5 Å². The van der Waals surface area contributed by atoms with Crippen LogP contribution in [0.3, 0.4) is 0 Å². The van der Waals surface area contributed by atoms with Gasteiger partial charge in [0.15, 0.2) is 0 Å². The highest BCUT2D eigenvalue weighted by molar-refractivity contribution is 7.99. The number of anilines is 1. The molecule has 1 N–H and O–H groups in total. The molecule has 0 aliphatic heterocycles. The van der Waals surface area contributed by atoms with Gasteiger partial charge in [-0.05, 0) is 30.1 Å². The highest BCUT2D eigenvalue weighted by atomic mass is 32.2. The lowest BCUT2D eigenvalue weighted by atomic mass is 10.1. The van der Waals surface area contributed by atoms with E-state index in [4.69, 9.17) is 0 Å². The summed E-state index contributed by atoms with van der Waals surface area (Å²) in [5.41, 5.74) is 1.21. The normalized spacial score (nSPS) is 10.6. The number of nitrogens with one attached hydrogen (secondary N) is 1. The van der Waals surface area contributed by atoms with Crippen LogP contribution in [0.25, 0.3) is 10.8 Å². The van der Waals surface area contributed by atoms with Gasteiger partial charge in [0.2, 0.25) is 0 Å². The van der Waals surface area contributed by atoms with Gasteiger partial charge in [-0.15, -0.1) is 0 Å². The smallest absolute Gasteiger partial charge is 0.0420 e. The quantitative estimate of drug-likeness (QED) is 0.785. The topological polar surface area (TPSA) is 24.9 Å². The number of pyridine rings is 1. The zero-order valence-electron chi connectivity index (χ0n) is 10.1. The van der Waals surface area contributed by atoms with Crippen molar-refractivity contribution in [3.8, 4) is 0 Å². The fraction of sp³-hybridized carbons (Fsp3) is 0.357. The summed E-state index contributed by atoms with van der Waals surface area (Å²) < 4.78 is 0. The monoisotopic (exact) mass is 246 g/mol. The third kappa shape index (κ3) is 3.37. The van der Waals surface area contributed by atoms with Crippen molar-refractivity contribution in [1.29, 1.82) is 0 Å². The largest absolute Gasteiger partial charge is 0.385 e. The SMILES string of the molecule is CCSCCCNc1cccc2cnccc12. The van der Waals surface area contributed by atoms with E-state index in [1.807, 2.05) is 24.2 Å². The number of fused-ring (bicyclic) bond motifs is 1. The van der Waals surface area contributed by atoms with Crippen LogP contribution in [0.4, 0.5) is 5.69 Å². The molecule has 2 rings (SSSR count). The maximum Gasteiger partial charge on any atom is 0.0420 e. The molecule has 3 heteroatoms. The molecule has 0 atom stereocenters. The van der Waals surface area contributed by atoms with Crippen molar-refractivity contribution in [2.24, 2.45) is 0 Å². The van der Waals surface area contributed by atoms with E-state index < -0.39 is 0 Å². The first kappa shape index (κ1) is 12.2. The summed E-state index contributed by atoms with van der Waals surface area (Å²) in [5, 5.41) is 5.96. The minimum absolute atomic E-state index is 1.04. The Morgan fingerprint density at radius 2 is 2.24 bits per heavy atom. The van der Waals surface area contributed by atoms with E-state index in [1.54, 1.807) is 0 Å². The summed E-state index contributed by atoms with van der Waals surface area (Å²) in [6.45, 7) is 3.24. The van der Waals surface area contributed by atoms with E-state index in [1.165, 1.54) is 34.4 Å². The molecule has 0 fully saturated rings. The number of hydrogen-bond donors (Lipinski definition) is 1. The fourth-order valence-corrected chi connectivity index (χ4v) is 2.46. The van der Waals surface area contributed by atoms with Gasteiger partial charge in [-0.2, -0.15) is 11.8 Å². The minimum atomic E-state index is 1.04. The second-order valence-corrected chi connectivity index (χ2v) is 5.27. The number of nitrogens with zero attached hydrogens (tertiary/aromatic N) is 1. The predicted molar refractivity (Wildman–Crippen MR) is 77.8 cm³/mol. The average molecular weight is 246 g/mol. The number of benzene rings is 1. The molecule has 2 aromatic rings. The van der Waals surface area contributed by atoms with Crippen LogP contribution >= 0.6 is 11.8 Å². The van der Waals surface area contributed by atoms with Crippen LogP contribution in [0.1, 0.15) is 13.3 Å². The minimum Gasteiger partial charge on any atom is -0.385 e. The molecule has 0 amide bonds. The van der Waals surface area contributed by atoms with E-state index >= 15 is 0 Å². The van der Waals surface area contributed by atoms with Crippen LogP contribution in [0.15, 0.2) is 36.7 Å². The van der Waals surface area contributed by atoms with Crippen molar-refractivity contribution in [3.05, 3.63) is 36.7 Å². The number of rotatable bonds is 6. The Bertz CT molecular complexity index is 465. The molecule has 17 heavy (non-hydrogen) atoms. The third-order valence-corrected chi connectivity index (χ3v) is 3.65. The zero-order chi connectivity index (χ0) is 11.9. The first-order valence-electron chi connectivity index (χ1n) is 6.06. The summed E-state index contributed by atoms with van der Waals surface area (Å²) in [6, 6.07) is 8.38. The van der Waals surface area contributed by atoms with Crippen molar-refractivity contribution >= 4 is 28.2 Å². The standard InChI is InChI=1S/C14H18N2S/c1-2-17-10-4-8-16-14-6-3-5-12-11-15-9-7-13(12)14/h3,5-7,9,11,16H,2,4,8,10H2,1H3. The van der Waals surface area contributed by atoms with Gasteiger partial charge in [-0.3, -0.25) is 4.98 Å². The van der Waals surface area contributed by atoms with Crippen molar-refractivity contribution in [1.82, 2.24) is 4.98 Å². The molecular formula is C14H18N2S. The lowest BCUT2D eigenvalue weighted by molar-refractivity contribution is 0.994. The summed E-state index contributed by atoms with van der Waals surface area (Å²) in [4.78, 5) is 4.14. The molecule has 0 aliphatic rings. The van der Waals surface area contributed by atoms with Gasteiger partial charge in [0.1, 0.15) is 0 Å². The third-order valence-electron chi connectivity index (χ3n) is 2.67. The van der Waals surface area contributed by atoms with E-state index in [0.717, 1.165) is 6.54 Å². The Labute approximate surface area is 107 Å². The van der Waals surface area contributed by atoms with Crippen molar-refractivity contribution in [2.75, 3.05) is 23.4 Å². The molecule has 0 spiro atoms. The molecule has 0 unspecified atom stereocenters. The van der Waals surface area contributed by atoms with Crippen LogP contribution < -0.4 is 5.32 Å². The molecular weight excluding hydrogens is 228 g/mol.